The molecule has 1 amide bonds. The highest BCUT2D eigenvalue weighted by Crippen LogP contribution is 2.28. The maximum atomic E-state index is 12.7. The van der Waals surface area contributed by atoms with Gasteiger partial charge in [-0.2, -0.15) is 4.31 Å². The molecule has 1 aliphatic heterocycles. The predicted molar refractivity (Wildman–Crippen MR) is 84.8 cm³/mol. The number of hydrogen-bond acceptors (Lipinski definition) is 3. The van der Waals surface area contributed by atoms with E-state index in [0.29, 0.717) is 26.1 Å². The second-order valence-corrected chi connectivity index (χ2v) is 8.07. The van der Waals surface area contributed by atoms with Gasteiger partial charge in [-0.25, -0.2) is 8.42 Å². The first-order valence-electron chi connectivity index (χ1n) is 6.53. The predicted octanol–water partition coefficient (Wildman–Crippen LogP) is 2.35. The average Bonchev–Trinajstić information content (AvgIpc) is 2.64. The summed E-state index contributed by atoms with van der Waals surface area (Å²) in [4.78, 5) is 13.2. The van der Waals surface area contributed by atoms with Gasteiger partial charge in [0.15, 0.2) is 0 Å². The maximum Gasteiger partial charge on any atom is 0.244 e. The Hall–Kier alpha value is -0.630. The van der Waals surface area contributed by atoms with E-state index in [9.17, 15) is 13.2 Å². The Labute approximate surface area is 138 Å². The molecule has 1 aromatic carbocycles. The molecule has 0 saturated carbocycles. The number of nitrogens with zero attached hydrogens (tertiary/aromatic N) is 2. The van der Waals surface area contributed by atoms with E-state index in [0.717, 1.165) is 4.47 Å². The van der Waals surface area contributed by atoms with Crippen molar-refractivity contribution in [3.05, 3.63) is 27.7 Å². The van der Waals surface area contributed by atoms with Crippen molar-refractivity contribution in [2.75, 3.05) is 26.2 Å². The molecule has 0 spiro atoms. The minimum absolute atomic E-state index is 0.0316. The van der Waals surface area contributed by atoms with Crippen LogP contribution in [0.1, 0.15) is 13.3 Å². The minimum Gasteiger partial charge on any atom is -0.342 e. The molecule has 0 N–H and O–H groups in total. The lowest BCUT2D eigenvalue weighted by Gasteiger charge is -2.21. The Bertz CT molecular complexity index is 651. The summed E-state index contributed by atoms with van der Waals surface area (Å²) in [5, 5.41) is 0.192. The Kier molecular flexibility index (Phi) is 5.29. The van der Waals surface area contributed by atoms with E-state index in [1.54, 1.807) is 17.0 Å². The standard InChI is InChI=1S/C13H16BrClN2O3S/c1-10(18)16-5-2-6-17(8-7-16)21(19,20)13-4-3-11(14)9-12(13)15/h3-4,9H,2,5-8H2,1H3. The summed E-state index contributed by atoms with van der Waals surface area (Å²) < 4.78 is 27.5. The van der Waals surface area contributed by atoms with Crippen molar-refractivity contribution >= 4 is 43.5 Å². The topological polar surface area (TPSA) is 57.7 Å². The van der Waals surface area contributed by atoms with Crippen LogP contribution in [0.2, 0.25) is 5.02 Å². The van der Waals surface area contributed by atoms with E-state index < -0.39 is 10.0 Å². The Morgan fingerprint density at radius 2 is 1.95 bits per heavy atom. The van der Waals surface area contributed by atoms with Crippen LogP contribution < -0.4 is 0 Å². The smallest absolute Gasteiger partial charge is 0.244 e. The van der Waals surface area contributed by atoms with E-state index in [1.165, 1.54) is 17.3 Å². The maximum absolute atomic E-state index is 12.7. The molecule has 8 heteroatoms. The van der Waals surface area contributed by atoms with Gasteiger partial charge in [-0.15, -0.1) is 0 Å². The van der Waals surface area contributed by atoms with Crippen molar-refractivity contribution in [3.63, 3.8) is 0 Å². The van der Waals surface area contributed by atoms with Crippen molar-refractivity contribution in [1.82, 2.24) is 9.21 Å². The number of carbonyl (C=O) groups excluding carboxylic acids is 1. The molecular formula is C13H16BrClN2O3S. The second kappa shape index (κ2) is 6.64. The van der Waals surface area contributed by atoms with Crippen LogP contribution in [0, 0.1) is 0 Å². The summed E-state index contributed by atoms with van der Waals surface area (Å²) in [6.07, 6.45) is 0.618. The molecule has 0 aromatic heterocycles. The van der Waals surface area contributed by atoms with Crippen LogP contribution in [0.4, 0.5) is 0 Å². The molecule has 2 rings (SSSR count). The van der Waals surface area contributed by atoms with Gasteiger partial charge in [-0.05, 0) is 24.6 Å². The number of amides is 1. The van der Waals surface area contributed by atoms with Crippen molar-refractivity contribution in [2.45, 2.75) is 18.2 Å². The fourth-order valence-electron chi connectivity index (χ4n) is 2.27. The molecule has 0 radical (unpaired) electrons. The molecular weight excluding hydrogens is 380 g/mol. The van der Waals surface area contributed by atoms with E-state index >= 15 is 0 Å². The second-order valence-electron chi connectivity index (χ2n) is 4.84. The summed E-state index contributed by atoms with van der Waals surface area (Å²) in [6.45, 7) is 3.15. The summed E-state index contributed by atoms with van der Waals surface area (Å²) in [5.74, 6) is -0.0316. The third-order valence-corrected chi connectivity index (χ3v) is 6.29. The number of hydrogen-bond donors (Lipinski definition) is 0. The van der Waals surface area contributed by atoms with Gasteiger partial charge in [0.1, 0.15) is 4.90 Å². The van der Waals surface area contributed by atoms with Gasteiger partial charge in [0.2, 0.25) is 15.9 Å². The number of sulfonamides is 1. The Morgan fingerprint density at radius 1 is 1.24 bits per heavy atom. The first-order chi connectivity index (χ1) is 9.82. The number of carbonyl (C=O) groups is 1. The molecule has 1 aliphatic rings. The average molecular weight is 396 g/mol. The largest absolute Gasteiger partial charge is 0.342 e. The molecule has 1 heterocycles. The molecule has 116 valence electrons. The summed E-state index contributed by atoms with van der Waals surface area (Å²) in [6, 6.07) is 4.71. The lowest BCUT2D eigenvalue weighted by molar-refractivity contribution is -0.128. The molecule has 5 nitrogen and oxygen atoms in total. The SMILES string of the molecule is CC(=O)N1CCCN(S(=O)(=O)c2ccc(Br)cc2Cl)CC1. The lowest BCUT2D eigenvalue weighted by atomic mass is 10.4. The molecule has 1 aromatic rings. The van der Waals surface area contributed by atoms with E-state index in [1.807, 2.05) is 0 Å². The number of benzene rings is 1. The van der Waals surface area contributed by atoms with Gasteiger partial charge in [0.25, 0.3) is 0 Å². The minimum atomic E-state index is -3.64. The third-order valence-electron chi connectivity index (χ3n) is 3.41. The first-order valence-corrected chi connectivity index (χ1v) is 9.14. The molecule has 1 saturated heterocycles. The van der Waals surface area contributed by atoms with Gasteiger partial charge >= 0.3 is 0 Å². The highest BCUT2D eigenvalue weighted by Gasteiger charge is 2.29. The molecule has 0 unspecified atom stereocenters. The first kappa shape index (κ1) is 16.7. The van der Waals surface area contributed by atoms with Crippen LogP contribution in [0.5, 0.6) is 0 Å². The lowest BCUT2D eigenvalue weighted by Crippen LogP contribution is -2.36. The van der Waals surface area contributed by atoms with Crippen molar-refractivity contribution in [1.29, 1.82) is 0 Å². The Morgan fingerprint density at radius 3 is 2.57 bits per heavy atom. The molecule has 1 fully saturated rings. The van der Waals surface area contributed by atoms with Crippen LogP contribution in [-0.4, -0.2) is 49.7 Å². The monoisotopic (exact) mass is 394 g/mol. The summed E-state index contributed by atoms with van der Waals surface area (Å²) in [5.41, 5.74) is 0. The molecule has 0 aliphatic carbocycles. The highest BCUT2D eigenvalue weighted by atomic mass is 79.9. The normalized spacial score (nSPS) is 17.6. The number of rotatable bonds is 2. The molecule has 21 heavy (non-hydrogen) atoms. The van der Waals surface area contributed by atoms with Gasteiger partial charge in [-0.3, -0.25) is 4.79 Å². The van der Waals surface area contributed by atoms with E-state index in [4.69, 9.17) is 11.6 Å². The fourth-order valence-corrected chi connectivity index (χ4v) is 4.75. The fraction of sp³-hybridized carbons (Fsp3) is 0.462. The third kappa shape index (κ3) is 3.77. The van der Waals surface area contributed by atoms with Crippen LogP contribution >= 0.6 is 27.5 Å². The van der Waals surface area contributed by atoms with E-state index in [2.05, 4.69) is 15.9 Å². The van der Waals surface area contributed by atoms with Gasteiger partial charge in [-0.1, -0.05) is 27.5 Å². The van der Waals surface area contributed by atoms with Crippen LogP contribution in [-0.2, 0) is 14.8 Å². The van der Waals surface area contributed by atoms with Crippen LogP contribution in [0.3, 0.4) is 0 Å². The quantitative estimate of drug-likeness (QED) is 0.772. The molecule has 0 atom stereocenters. The zero-order valence-electron chi connectivity index (χ0n) is 11.6. The summed E-state index contributed by atoms with van der Waals surface area (Å²) >= 11 is 9.31. The summed E-state index contributed by atoms with van der Waals surface area (Å²) in [7, 11) is -3.64. The van der Waals surface area contributed by atoms with Gasteiger partial charge in [0, 0.05) is 37.6 Å². The van der Waals surface area contributed by atoms with Crippen molar-refractivity contribution in [3.8, 4) is 0 Å². The number of halogens is 2. The van der Waals surface area contributed by atoms with Crippen LogP contribution in [0.25, 0.3) is 0 Å². The zero-order valence-corrected chi connectivity index (χ0v) is 14.7. The van der Waals surface area contributed by atoms with Crippen LogP contribution in [0.15, 0.2) is 27.6 Å². The highest BCUT2D eigenvalue weighted by molar-refractivity contribution is 9.10. The van der Waals surface area contributed by atoms with Crippen molar-refractivity contribution < 1.29 is 13.2 Å². The zero-order chi connectivity index (χ0) is 15.6. The molecule has 0 bridgehead atoms. The van der Waals surface area contributed by atoms with Crippen molar-refractivity contribution in [2.24, 2.45) is 0 Å². The van der Waals surface area contributed by atoms with Gasteiger partial charge in [0.05, 0.1) is 5.02 Å². The van der Waals surface area contributed by atoms with Gasteiger partial charge < -0.3 is 4.90 Å². The van der Waals surface area contributed by atoms with E-state index in [-0.39, 0.29) is 22.4 Å². The Balaban J connectivity index is 2.25.